The monoisotopic (exact) mass is 418 g/mol. The summed E-state index contributed by atoms with van der Waals surface area (Å²) in [5.74, 6) is 1.77. The average Bonchev–Trinajstić information content (AvgIpc) is 3.56. The van der Waals surface area contributed by atoms with E-state index in [1.165, 1.54) is 35.7 Å². The molecule has 5 nitrogen and oxygen atoms in total. The largest absolute Gasteiger partial charge is 0.348 e. The number of hydrogen-bond donors (Lipinski definition) is 1. The summed E-state index contributed by atoms with van der Waals surface area (Å²) in [4.78, 5) is 12.7. The van der Waals surface area contributed by atoms with Gasteiger partial charge >= 0.3 is 0 Å². The van der Waals surface area contributed by atoms with Crippen LogP contribution in [-0.4, -0.2) is 26.4 Å². The minimum atomic E-state index is 0.0264. The van der Waals surface area contributed by atoms with Crippen LogP contribution in [0.3, 0.4) is 0 Å². The van der Waals surface area contributed by atoms with Gasteiger partial charge in [0.1, 0.15) is 5.82 Å². The molecular weight excluding hydrogens is 392 g/mol. The first-order chi connectivity index (χ1) is 14.7. The summed E-state index contributed by atoms with van der Waals surface area (Å²) in [5.41, 5.74) is 2.36. The molecule has 3 aromatic rings. The lowest BCUT2D eigenvalue weighted by atomic mass is 10.0. The van der Waals surface area contributed by atoms with E-state index in [1.54, 1.807) is 0 Å². The highest BCUT2D eigenvalue weighted by Crippen LogP contribution is 2.41. The summed E-state index contributed by atoms with van der Waals surface area (Å²) in [6, 6.07) is 20.5. The topological polar surface area (TPSA) is 59.8 Å². The van der Waals surface area contributed by atoms with Crippen molar-refractivity contribution in [2.24, 2.45) is 5.92 Å². The first-order valence-electron chi connectivity index (χ1n) is 10.3. The highest BCUT2D eigenvalue weighted by molar-refractivity contribution is 7.99. The van der Waals surface area contributed by atoms with Gasteiger partial charge in [0, 0.05) is 13.0 Å². The standard InChI is InChI=1S/C24H26N4OS/c1-2-15-28-21(16-18-9-5-3-6-10-18)26-27-24(28)30-17-22(29)25-23(20-13-14-20)19-11-7-4-8-12-19/h2-12,20,23H,1,13-17H2,(H,25,29). The van der Waals surface area contributed by atoms with E-state index in [0.717, 1.165) is 11.0 Å². The molecule has 0 spiro atoms. The molecule has 1 fully saturated rings. The van der Waals surface area contributed by atoms with Crippen LogP contribution in [-0.2, 0) is 17.8 Å². The second-order valence-electron chi connectivity index (χ2n) is 7.54. The first kappa shape index (κ1) is 20.4. The van der Waals surface area contributed by atoms with Gasteiger partial charge in [-0.05, 0) is 29.9 Å². The van der Waals surface area contributed by atoms with E-state index in [0.29, 0.717) is 24.6 Å². The van der Waals surface area contributed by atoms with Crippen LogP contribution >= 0.6 is 11.8 Å². The van der Waals surface area contributed by atoms with Gasteiger partial charge in [0.2, 0.25) is 5.91 Å². The summed E-state index contributed by atoms with van der Waals surface area (Å²) in [6.07, 6.45) is 4.87. The van der Waals surface area contributed by atoms with Gasteiger partial charge in [0.25, 0.3) is 0 Å². The number of hydrogen-bond acceptors (Lipinski definition) is 4. The van der Waals surface area contributed by atoms with Crippen molar-refractivity contribution in [2.75, 3.05) is 5.75 Å². The molecule has 1 aromatic heterocycles. The third-order valence-electron chi connectivity index (χ3n) is 5.21. The van der Waals surface area contributed by atoms with Crippen LogP contribution in [0.4, 0.5) is 0 Å². The van der Waals surface area contributed by atoms with Gasteiger partial charge in [0.15, 0.2) is 5.16 Å². The van der Waals surface area contributed by atoms with Gasteiger partial charge in [-0.25, -0.2) is 0 Å². The van der Waals surface area contributed by atoms with Crippen molar-refractivity contribution in [2.45, 2.75) is 37.0 Å². The highest BCUT2D eigenvalue weighted by Gasteiger charge is 2.33. The zero-order chi connectivity index (χ0) is 20.8. The van der Waals surface area contributed by atoms with E-state index < -0.39 is 0 Å². The number of allylic oxidation sites excluding steroid dienone is 1. The smallest absolute Gasteiger partial charge is 0.230 e. The number of nitrogens with one attached hydrogen (secondary N) is 1. The molecule has 1 saturated carbocycles. The molecule has 1 N–H and O–H groups in total. The van der Waals surface area contributed by atoms with Crippen LogP contribution in [0.2, 0.25) is 0 Å². The van der Waals surface area contributed by atoms with E-state index in [9.17, 15) is 4.79 Å². The van der Waals surface area contributed by atoms with Gasteiger partial charge < -0.3 is 9.88 Å². The summed E-state index contributed by atoms with van der Waals surface area (Å²) in [7, 11) is 0. The summed E-state index contributed by atoms with van der Waals surface area (Å²) in [6.45, 7) is 4.47. The number of nitrogens with zero attached hydrogens (tertiary/aromatic N) is 3. The van der Waals surface area contributed by atoms with E-state index in [1.807, 2.05) is 47.0 Å². The average molecular weight is 419 g/mol. The molecule has 1 heterocycles. The Morgan fingerprint density at radius 1 is 1.13 bits per heavy atom. The number of amides is 1. The Kier molecular flexibility index (Phi) is 6.64. The molecule has 0 radical (unpaired) electrons. The third-order valence-corrected chi connectivity index (χ3v) is 6.18. The van der Waals surface area contributed by atoms with Crippen molar-refractivity contribution in [1.82, 2.24) is 20.1 Å². The zero-order valence-corrected chi connectivity index (χ0v) is 17.7. The number of benzene rings is 2. The maximum absolute atomic E-state index is 12.7. The molecule has 0 aliphatic heterocycles. The number of rotatable bonds is 10. The van der Waals surface area contributed by atoms with Gasteiger partial charge in [-0.15, -0.1) is 16.8 Å². The molecule has 1 atom stereocenters. The molecule has 4 rings (SSSR count). The predicted molar refractivity (Wildman–Crippen MR) is 120 cm³/mol. The minimum absolute atomic E-state index is 0.0264. The van der Waals surface area contributed by atoms with Crippen molar-refractivity contribution in [1.29, 1.82) is 0 Å². The fraction of sp³-hybridized carbons (Fsp3) is 0.292. The first-order valence-corrected chi connectivity index (χ1v) is 11.3. The Morgan fingerprint density at radius 2 is 1.83 bits per heavy atom. The molecule has 0 saturated heterocycles. The Labute approximate surface area is 181 Å². The predicted octanol–water partition coefficient (Wildman–Crippen LogP) is 4.41. The molecule has 0 bridgehead atoms. The van der Waals surface area contributed by atoms with Crippen LogP contribution in [0.1, 0.15) is 35.8 Å². The van der Waals surface area contributed by atoms with Crippen molar-refractivity contribution in [3.05, 3.63) is 90.3 Å². The lowest BCUT2D eigenvalue weighted by molar-refractivity contribution is -0.119. The Balaban J connectivity index is 1.40. The number of thioether (sulfide) groups is 1. The quantitative estimate of drug-likeness (QED) is 0.391. The summed E-state index contributed by atoms with van der Waals surface area (Å²) in [5, 5.41) is 12.7. The SMILES string of the molecule is C=CCn1c(Cc2ccccc2)nnc1SCC(=O)NC(c1ccccc1)C1CC1. The fourth-order valence-corrected chi connectivity index (χ4v) is 4.33. The number of carbonyl (C=O) groups is 1. The van der Waals surface area contributed by atoms with Crippen LogP contribution in [0, 0.1) is 5.92 Å². The Morgan fingerprint density at radius 3 is 2.50 bits per heavy atom. The van der Waals surface area contributed by atoms with Gasteiger partial charge in [-0.1, -0.05) is 78.5 Å². The van der Waals surface area contributed by atoms with E-state index >= 15 is 0 Å². The Hall–Kier alpha value is -2.86. The molecule has 30 heavy (non-hydrogen) atoms. The minimum Gasteiger partial charge on any atom is -0.348 e. The number of aromatic nitrogens is 3. The normalized spacial score (nSPS) is 14.3. The molecule has 6 heteroatoms. The molecule has 1 unspecified atom stereocenters. The van der Waals surface area contributed by atoms with Crippen LogP contribution in [0.15, 0.2) is 78.5 Å². The van der Waals surface area contributed by atoms with Crippen molar-refractivity contribution in [3.8, 4) is 0 Å². The second-order valence-corrected chi connectivity index (χ2v) is 8.48. The molecule has 1 aliphatic rings. The van der Waals surface area contributed by atoms with Crippen molar-refractivity contribution < 1.29 is 4.79 Å². The van der Waals surface area contributed by atoms with E-state index in [-0.39, 0.29) is 11.9 Å². The molecule has 1 amide bonds. The van der Waals surface area contributed by atoms with Gasteiger partial charge in [-0.2, -0.15) is 0 Å². The van der Waals surface area contributed by atoms with Crippen LogP contribution in [0.25, 0.3) is 0 Å². The maximum Gasteiger partial charge on any atom is 0.230 e. The van der Waals surface area contributed by atoms with Crippen LogP contribution < -0.4 is 5.32 Å². The lowest BCUT2D eigenvalue weighted by Gasteiger charge is -2.18. The van der Waals surface area contributed by atoms with Gasteiger partial charge in [-0.3, -0.25) is 4.79 Å². The lowest BCUT2D eigenvalue weighted by Crippen LogP contribution is -2.31. The molecule has 154 valence electrons. The molecular formula is C24H26N4OS. The van der Waals surface area contributed by atoms with E-state index in [4.69, 9.17) is 0 Å². The van der Waals surface area contributed by atoms with Crippen molar-refractivity contribution >= 4 is 17.7 Å². The highest BCUT2D eigenvalue weighted by atomic mass is 32.2. The Bertz CT molecular complexity index is 983. The second kappa shape index (κ2) is 9.76. The number of carbonyl (C=O) groups excluding carboxylic acids is 1. The molecule has 2 aromatic carbocycles. The zero-order valence-electron chi connectivity index (χ0n) is 16.9. The van der Waals surface area contributed by atoms with E-state index in [2.05, 4.69) is 46.4 Å². The van der Waals surface area contributed by atoms with Gasteiger partial charge in [0.05, 0.1) is 11.8 Å². The third kappa shape index (κ3) is 5.19. The molecule has 1 aliphatic carbocycles. The van der Waals surface area contributed by atoms with Crippen molar-refractivity contribution in [3.63, 3.8) is 0 Å². The fourth-order valence-electron chi connectivity index (χ4n) is 3.56. The summed E-state index contributed by atoms with van der Waals surface area (Å²) < 4.78 is 2.04. The maximum atomic E-state index is 12.7. The summed E-state index contributed by atoms with van der Waals surface area (Å²) >= 11 is 1.43. The van der Waals surface area contributed by atoms with Crippen LogP contribution in [0.5, 0.6) is 0 Å².